The zero-order valence-corrected chi connectivity index (χ0v) is 11.9. The van der Waals surface area contributed by atoms with Gasteiger partial charge in [-0.3, -0.25) is 0 Å². The summed E-state index contributed by atoms with van der Waals surface area (Å²) in [6.45, 7) is 4.81. The molecule has 1 aliphatic rings. The molecule has 0 radical (unpaired) electrons. The Morgan fingerprint density at radius 2 is 2.15 bits per heavy atom. The van der Waals surface area contributed by atoms with Crippen molar-refractivity contribution in [3.63, 3.8) is 0 Å². The van der Waals surface area contributed by atoms with Crippen molar-refractivity contribution in [1.29, 1.82) is 0 Å². The van der Waals surface area contributed by atoms with Crippen molar-refractivity contribution in [2.45, 2.75) is 45.2 Å². The zero-order valence-electron chi connectivity index (χ0n) is 11.9. The second-order valence-corrected chi connectivity index (χ2v) is 5.74. The summed E-state index contributed by atoms with van der Waals surface area (Å²) in [4.78, 5) is 0. The van der Waals surface area contributed by atoms with Crippen molar-refractivity contribution in [2.75, 3.05) is 0 Å². The fraction of sp³-hybridized carbons (Fsp3) is 0.438. The molecule has 1 aromatic heterocycles. The average Bonchev–Trinajstić information content (AvgIpc) is 3.15. The van der Waals surface area contributed by atoms with E-state index < -0.39 is 0 Å². The molecule has 0 bridgehead atoms. The van der Waals surface area contributed by atoms with Crippen LogP contribution in [0.4, 0.5) is 4.39 Å². The lowest BCUT2D eigenvalue weighted by atomic mass is 10.1. The van der Waals surface area contributed by atoms with E-state index in [0.717, 1.165) is 11.3 Å². The van der Waals surface area contributed by atoms with Gasteiger partial charge in [0.05, 0.1) is 5.69 Å². The molecule has 20 heavy (non-hydrogen) atoms. The number of rotatable bonds is 5. The summed E-state index contributed by atoms with van der Waals surface area (Å²) in [5.74, 6) is 0.360. The molecular weight excluding hydrogens is 253 g/mol. The maximum atomic E-state index is 14.2. The first kappa shape index (κ1) is 13.3. The summed E-state index contributed by atoms with van der Waals surface area (Å²) in [6, 6.07) is 7.57. The predicted molar refractivity (Wildman–Crippen MR) is 77.5 cm³/mol. The smallest absolute Gasteiger partial charge is 0.149 e. The monoisotopic (exact) mass is 273 g/mol. The third kappa shape index (κ3) is 2.75. The van der Waals surface area contributed by atoms with E-state index >= 15 is 0 Å². The molecule has 1 N–H and O–H groups in total. The molecule has 3 rings (SSSR count). The van der Waals surface area contributed by atoms with Gasteiger partial charge in [-0.1, -0.05) is 26.0 Å². The SMILES string of the molecule is CC(C)NCc1cccc(F)c1-n1ccc(C2CC2)n1. The molecule has 0 saturated heterocycles. The molecule has 1 heterocycles. The molecule has 0 spiro atoms. The summed E-state index contributed by atoms with van der Waals surface area (Å²) in [7, 11) is 0. The van der Waals surface area contributed by atoms with E-state index in [9.17, 15) is 4.39 Å². The molecule has 4 heteroatoms. The van der Waals surface area contributed by atoms with Crippen LogP contribution in [-0.2, 0) is 6.54 Å². The van der Waals surface area contributed by atoms with Crippen molar-refractivity contribution in [1.82, 2.24) is 15.1 Å². The van der Waals surface area contributed by atoms with Crippen LogP contribution in [0.5, 0.6) is 0 Å². The first-order chi connectivity index (χ1) is 9.65. The molecule has 106 valence electrons. The lowest BCUT2D eigenvalue weighted by Crippen LogP contribution is -2.23. The van der Waals surface area contributed by atoms with E-state index in [1.54, 1.807) is 10.7 Å². The maximum absolute atomic E-state index is 14.2. The molecule has 3 nitrogen and oxygen atoms in total. The summed E-state index contributed by atoms with van der Waals surface area (Å²) in [6.07, 6.45) is 4.27. The number of nitrogens with zero attached hydrogens (tertiary/aromatic N) is 2. The van der Waals surface area contributed by atoms with Gasteiger partial charge in [-0.25, -0.2) is 9.07 Å². The highest BCUT2D eigenvalue weighted by Crippen LogP contribution is 2.39. The Morgan fingerprint density at radius 1 is 1.35 bits per heavy atom. The van der Waals surface area contributed by atoms with E-state index in [0.29, 0.717) is 24.2 Å². The second-order valence-electron chi connectivity index (χ2n) is 5.74. The molecule has 1 saturated carbocycles. The Labute approximate surface area is 118 Å². The van der Waals surface area contributed by atoms with Gasteiger partial charge in [-0.15, -0.1) is 0 Å². The molecule has 0 atom stereocenters. The number of aromatic nitrogens is 2. The van der Waals surface area contributed by atoms with Crippen LogP contribution in [0, 0.1) is 5.82 Å². The van der Waals surface area contributed by atoms with Crippen LogP contribution in [-0.4, -0.2) is 15.8 Å². The van der Waals surface area contributed by atoms with Gasteiger partial charge in [0.25, 0.3) is 0 Å². The van der Waals surface area contributed by atoms with Crippen LogP contribution in [0.25, 0.3) is 5.69 Å². The lowest BCUT2D eigenvalue weighted by molar-refractivity contribution is 0.572. The minimum Gasteiger partial charge on any atom is -0.310 e. The molecule has 0 aliphatic heterocycles. The fourth-order valence-corrected chi connectivity index (χ4v) is 2.33. The molecule has 1 aromatic carbocycles. The standard InChI is InChI=1S/C16H20FN3/c1-11(2)18-10-13-4-3-5-14(17)16(13)20-9-8-15(19-20)12-6-7-12/h3-5,8-9,11-12,18H,6-7,10H2,1-2H3. The Kier molecular flexibility index (Phi) is 3.57. The van der Waals surface area contributed by atoms with Gasteiger partial charge in [0.1, 0.15) is 11.5 Å². The first-order valence-electron chi connectivity index (χ1n) is 7.22. The summed E-state index contributed by atoms with van der Waals surface area (Å²) < 4.78 is 15.9. The number of hydrogen-bond acceptors (Lipinski definition) is 2. The van der Waals surface area contributed by atoms with Crippen LogP contribution in [0.3, 0.4) is 0 Å². The van der Waals surface area contributed by atoms with Crippen molar-refractivity contribution in [3.8, 4) is 5.69 Å². The van der Waals surface area contributed by atoms with Gasteiger partial charge < -0.3 is 5.32 Å². The Bertz CT molecular complexity index is 600. The van der Waals surface area contributed by atoms with E-state index in [-0.39, 0.29) is 5.82 Å². The zero-order chi connectivity index (χ0) is 14.1. The van der Waals surface area contributed by atoms with Crippen molar-refractivity contribution >= 4 is 0 Å². The second kappa shape index (κ2) is 5.37. The summed E-state index contributed by atoms with van der Waals surface area (Å²) in [5, 5.41) is 7.87. The van der Waals surface area contributed by atoms with Crippen molar-refractivity contribution < 1.29 is 4.39 Å². The Hall–Kier alpha value is -1.68. The molecule has 0 unspecified atom stereocenters. The summed E-state index contributed by atoms with van der Waals surface area (Å²) in [5.41, 5.74) is 2.58. The lowest BCUT2D eigenvalue weighted by Gasteiger charge is -2.13. The van der Waals surface area contributed by atoms with Crippen molar-refractivity contribution in [3.05, 3.63) is 47.5 Å². The third-order valence-electron chi connectivity index (χ3n) is 3.61. The van der Waals surface area contributed by atoms with E-state index in [4.69, 9.17) is 0 Å². The largest absolute Gasteiger partial charge is 0.310 e. The number of halogens is 1. The van der Waals surface area contributed by atoms with Crippen LogP contribution in [0.15, 0.2) is 30.5 Å². The van der Waals surface area contributed by atoms with Gasteiger partial charge in [-0.2, -0.15) is 5.10 Å². The minimum absolute atomic E-state index is 0.224. The van der Waals surface area contributed by atoms with Crippen molar-refractivity contribution in [2.24, 2.45) is 0 Å². The fourth-order valence-electron chi connectivity index (χ4n) is 2.33. The molecule has 2 aromatic rings. The normalized spacial score (nSPS) is 15.0. The number of nitrogens with one attached hydrogen (secondary N) is 1. The highest BCUT2D eigenvalue weighted by atomic mass is 19.1. The highest BCUT2D eigenvalue weighted by molar-refractivity contribution is 5.42. The van der Waals surface area contributed by atoms with Crippen LogP contribution >= 0.6 is 0 Å². The van der Waals surface area contributed by atoms with Gasteiger partial charge in [0.15, 0.2) is 0 Å². The Balaban J connectivity index is 1.93. The van der Waals surface area contributed by atoms with Gasteiger partial charge >= 0.3 is 0 Å². The molecule has 0 amide bonds. The van der Waals surface area contributed by atoms with E-state index in [1.165, 1.54) is 18.9 Å². The van der Waals surface area contributed by atoms with E-state index in [1.807, 2.05) is 18.3 Å². The van der Waals surface area contributed by atoms with Gasteiger partial charge in [-0.05, 0) is 30.5 Å². The average molecular weight is 273 g/mol. The molecule has 1 fully saturated rings. The minimum atomic E-state index is -0.224. The van der Waals surface area contributed by atoms with Gasteiger partial charge in [0, 0.05) is 24.7 Å². The number of benzene rings is 1. The Morgan fingerprint density at radius 3 is 2.85 bits per heavy atom. The van der Waals surface area contributed by atoms with Crippen LogP contribution in [0.1, 0.15) is 43.9 Å². The van der Waals surface area contributed by atoms with Crippen LogP contribution in [0.2, 0.25) is 0 Å². The van der Waals surface area contributed by atoms with Crippen LogP contribution < -0.4 is 5.32 Å². The molecule has 1 aliphatic carbocycles. The highest BCUT2D eigenvalue weighted by Gasteiger charge is 2.26. The first-order valence-corrected chi connectivity index (χ1v) is 7.22. The number of para-hydroxylation sites is 1. The number of hydrogen-bond donors (Lipinski definition) is 1. The maximum Gasteiger partial charge on any atom is 0.149 e. The summed E-state index contributed by atoms with van der Waals surface area (Å²) >= 11 is 0. The van der Waals surface area contributed by atoms with Gasteiger partial charge in [0.2, 0.25) is 0 Å². The quantitative estimate of drug-likeness (QED) is 0.905. The molecular formula is C16H20FN3. The topological polar surface area (TPSA) is 29.9 Å². The van der Waals surface area contributed by atoms with E-state index in [2.05, 4.69) is 24.3 Å². The third-order valence-corrected chi connectivity index (χ3v) is 3.61. The predicted octanol–water partition coefficient (Wildman–Crippen LogP) is 3.39.